The predicted octanol–water partition coefficient (Wildman–Crippen LogP) is 6.69. The van der Waals surface area contributed by atoms with E-state index in [4.69, 9.17) is 13.9 Å². The third-order valence-electron chi connectivity index (χ3n) is 6.37. The molecule has 0 saturated heterocycles. The number of oxazole rings is 1. The molecule has 1 aliphatic rings. The maximum atomic E-state index is 13.1. The number of hydrogen-bond acceptors (Lipinski definition) is 5. The fraction of sp³-hybridized carbons (Fsp3) is 0.615. The van der Waals surface area contributed by atoms with E-state index in [1.165, 1.54) is 6.07 Å². The molecule has 3 rings (SSSR count). The van der Waals surface area contributed by atoms with E-state index in [-0.39, 0.29) is 29.9 Å². The highest BCUT2D eigenvalue weighted by atomic mass is 19.4. The highest BCUT2D eigenvalue weighted by Crippen LogP contribution is 2.34. The number of nitrogens with zero attached hydrogens (tertiary/aromatic N) is 1. The first-order valence-electron chi connectivity index (χ1n) is 12.0. The van der Waals surface area contributed by atoms with Crippen LogP contribution in [0.5, 0.6) is 0 Å². The van der Waals surface area contributed by atoms with Gasteiger partial charge in [-0.15, -0.1) is 0 Å². The van der Waals surface area contributed by atoms with Crippen LogP contribution in [0, 0.1) is 11.8 Å². The van der Waals surface area contributed by atoms with E-state index in [1.54, 1.807) is 19.9 Å². The summed E-state index contributed by atoms with van der Waals surface area (Å²) in [5.74, 6) is 0.364. The Hall–Kier alpha value is -2.39. The second-order valence-electron chi connectivity index (χ2n) is 10.1. The van der Waals surface area contributed by atoms with Crippen molar-refractivity contribution >= 4 is 5.97 Å². The van der Waals surface area contributed by atoms with Crippen LogP contribution in [0.15, 0.2) is 28.7 Å². The quantitative estimate of drug-likeness (QED) is 0.394. The van der Waals surface area contributed by atoms with E-state index < -0.39 is 23.3 Å². The van der Waals surface area contributed by atoms with Crippen molar-refractivity contribution in [2.24, 2.45) is 11.8 Å². The fourth-order valence-electron chi connectivity index (χ4n) is 4.29. The molecule has 1 aromatic carbocycles. The molecule has 0 aliphatic heterocycles. The number of ether oxygens (including phenoxy) is 2. The molecule has 1 heterocycles. The van der Waals surface area contributed by atoms with E-state index in [2.05, 4.69) is 4.98 Å². The van der Waals surface area contributed by atoms with Crippen LogP contribution < -0.4 is 0 Å². The van der Waals surface area contributed by atoms with Crippen molar-refractivity contribution in [2.45, 2.75) is 77.7 Å². The van der Waals surface area contributed by atoms with Gasteiger partial charge in [0.15, 0.2) is 5.60 Å². The Morgan fingerprint density at radius 1 is 1.20 bits per heavy atom. The number of halogens is 3. The van der Waals surface area contributed by atoms with Crippen LogP contribution in [0.25, 0.3) is 11.5 Å². The SMILES string of the molecule is CC(C)c1oc(-c2cccc(C(F)(F)F)c2)nc1COC[C@@H]1CCC[C@H](COC(C)(C)C(=O)O)C1. The first-order chi connectivity index (χ1) is 16.4. The lowest BCUT2D eigenvalue weighted by Crippen LogP contribution is -2.37. The van der Waals surface area contributed by atoms with Crippen LogP contribution in [-0.2, 0) is 27.1 Å². The van der Waals surface area contributed by atoms with Gasteiger partial charge >= 0.3 is 12.1 Å². The molecule has 1 aromatic heterocycles. The average molecular weight is 498 g/mol. The average Bonchev–Trinajstić information content (AvgIpc) is 3.22. The number of rotatable bonds is 10. The summed E-state index contributed by atoms with van der Waals surface area (Å²) in [7, 11) is 0. The van der Waals surface area contributed by atoms with Crippen LogP contribution in [-0.4, -0.2) is 34.9 Å². The van der Waals surface area contributed by atoms with Crippen molar-refractivity contribution in [2.75, 3.05) is 13.2 Å². The van der Waals surface area contributed by atoms with Gasteiger partial charge in [0.1, 0.15) is 11.5 Å². The van der Waals surface area contributed by atoms with E-state index in [1.807, 2.05) is 13.8 Å². The van der Waals surface area contributed by atoms with Gasteiger partial charge in [-0.2, -0.15) is 13.2 Å². The Morgan fingerprint density at radius 3 is 2.51 bits per heavy atom. The molecule has 0 radical (unpaired) electrons. The van der Waals surface area contributed by atoms with Crippen molar-refractivity contribution in [3.63, 3.8) is 0 Å². The zero-order chi connectivity index (χ0) is 25.8. The van der Waals surface area contributed by atoms with Crippen molar-refractivity contribution < 1.29 is 37.0 Å². The summed E-state index contributed by atoms with van der Waals surface area (Å²) in [5.41, 5.74) is -1.10. The Morgan fingerprint density at radius 2 is 1.89 bits per heavy atom. The molecule has 1 N–H and O–H groups in total. The van der Waals surface area contributed by atoms with Crippen LogP contribution in [0.1, 0.15) is 76.3 Å². The van der Waals surface area contributed by atoms with Crippen LogP contribution in [0.4, 0.5) is 13.2 Å². The second-order valence-corrected chi connectivity index (χ2v) is 10.1. The van der Waals surface area contributed by atoms with Gasteiger partial charge in [0, 0.05) is 18.1 Å². The lowest BCUT2D eigenvalue weighted by Gasteiger charge is -2.31. The van der Waals surface area contributed by atoms with Crippen molar-refractivity contribution in [3.05, 3.63) is 41.3 Å². The highest BCUT2D eigenvalue weighted by Gasteiger charge is 2.32. The van der Waals surface area contributed by atoms with Gasteiger partial charge in [-0.3, -0.25) is 0 Å². The van der Waals surface area contributed by atoms with Gasteiger partial charge in [0.2, 0.25) is 5.89 Å². The molecule has 2 atom stereocenters. The summed E-state index contributed by atoms with van der Waals surface area (Å²) < 4.78 is 56.8. The molecule has 0 amide bonds. The minimum absolute atomic E-state index is 0.00514. The molecule has 35 heavy (non-hydrogen) atoms. The number of aromatic nitrogens is 1. The van der Waals surface area contributed by atoms with Crippen molar-refractivity contribution in [1.82, 2.24) is 4.98 Å². The lowest BCUT2D eigenvalue weighted by atomic mass is 9.82. The van der Waals surface area contributed by atoms with Gasteiger partial charge in [-0.25, -0.2) is 9.78 Å². The number of aliphatic carboxylic acids is 1. The zero-order valence-electron chi connectivity index (χ0n) is 20.7. The first kappa shape index (κ1) is 27.2. The largest absolute Gasteiger partial charge is 0.479 e. The number of carboxylic acid groups (broad SMARTS) is 1. The molecular weight excluding hydrogens is 463 g/mol. The van der Waals surface area contributed by atoms with Gasteiger partial charge in [-0.1, -0.05) is 26.3 Å². The van der Waals surface area contributed by atoms with Crippen LogP contribution >= 0.6 is 0 Å². The van der Waals surface area contributed by atoms with Crippen LogP contribution in [0.3, 0.4) is 0 Å². The van der Waals surface area contributed by atoms with E-state index in [9.17, 15) is 23.1 Å². The number of hydrogen-bond donors (Lipinski definition) is 1. The molecular formula is C26H34F3NO5. The molecule has 0 unspecified atom stereocenters. The molecule has 6 nitrogen and oxygen atoms in total. The summed E-state index contributed by atoms with van der Waals surface area (Å²) >= 11 is 0. The zero-order valence-corrected chi connectivity index (χ0v) is 20.7. The fourth-order valence-corrected chi connectivity index (χ4v) is 4.29. The third kappa shape index (κ3) is 7.30. The Kier molecular flexibility index (Phi) is 8.64. The Labute approximate surface area is 203 Å². The molecule has 0 spiro atoms. The number of carboxylic acids is 1. The second kappa shape index (κ2) is 11.1. The molecule has 1 saturated carbocycles. The summed E-state index contributed by atoms with van der Waals surface area (Å²) in [6.07, 6.45) is -0.517. The minimum atomic E-state index is -4.44. The standard InChI is InChI=1S/C26H34F3NO5/c1-16(2)22-21(30-23(35-22)19-9-6-10-20(12-19)26(27,28)29)15-33-13-17-7-5-8-18(11-17)14-34-25(3,4)24(31)32/h6,9-10,12,16-18H,5,7-8,11,13-15H2,1-4H3,(H,31,32)/t17-,18+/m1/s1. The van der Waals surface area contributed by atoms with Crippen molar-refractivity contribution in [3.8, 4) is 11.5 Å². The maximum absolute atomic E-state index is 13.1. The van der Waals surface area contributed by atoms with Crippen molar-refractivity contribution in [1.29, 1.82) is 0 Å². The Balaban J connectivity index is 1.60. The van der Waals surface area contributed by atoms with E-state index in [0.717, 1.165) is 37.8 Å². The lowest BCUT2D eigenvalue weighted by molar-refractivity contribution is -0.163. The normalized spacial score (nSPS) is 19.3. The van der Waals surface area contributed by atoms with Gasteiger partial charge in [0.25, 0.3) is 0 Å². The number of alkyl halides is 3. The van der Waals surface area contributed by atoms with Gasteiger partial charge in [-0.05, 0) is 63.1 Å². The van der Waals surface area contributed by atoms with E-state index >= 15 is 0 Å². The summed E-state index contributed by atoms with van der Waals surface area (Å²) in [6.45, 7) is 8.10. The van der Waals surface area contributed by atoms with E-state index in [0.29, 0.717) is 30.6 Å². The molecule has 1 fully saturated rings. The Bertz CT molecular complexity index is 999. The van der Waals surface area contributed by atoms with Gasteiger partial charge in [0.05, 0.1) is 18.8 Å². The van der Waals surface area contributed by atoms with Gasteiger partial charge < -0.3 is 19.0 Å². The molecule has 9 heteroatoms. The first-order valence-corrected chi connectivity index (χ1v) is 12.0. The third-order valence-corrected chi connectivity index (χ3v) is 6.37. The highest BCUT2D eigenvalue weighted by molar-refractivity contribution is 5.76. The molecule has 0 bridgehead atoms. The smallest absolute Gasteiger partial charge is 0.416 e. The predicted molar refractivity (Wildman–Crippen MR) is 124 cm³/mol. The monoisotopic (exact) mass is 497 g/mol. The number of benzene rings is 1. The summed E-state index contributed by atoms with van der Waals surface area (Å²) in [6, 6.07) is 4.95. The molecule has 2 aromatic rings. The van der Waals surface area contributed by atoms with Crippen LogP contribution in [0.2, 0.25) is 0 Å². The molecule has 194 valence electrons. The topological polar surface area (TPSA) is 81.8 Å². The number of carbonyl (C=O) groups is 1. The summed E-state index contributed by atoms with van der Waals surface area (Å²) in [4.78, 5) is 15.7. The molecule has 1 aliphatic carbocycles. The maximum Gasteiger partial charge on any atom is 0.416 e. The summed E-state index contributed by atoms with van der Waals surface area (Å²) in [5, 5.41) is 9.22. The minimum Gasteiger partial charge on any atom is -0.479 e.